The number of aliphatic hydroxyl groups is 1. The van der Waals surface area contributed by atoms with Gasteiger partial charge in [-0.25, -0.2) is 0 Å². The molecule has 0 unspecified atom stereocenters. The molecule has 1 aromatic rings. The Morgan fingerprint density at radius 1 is 1.31 bits per heavy atom. The van der Waals surface area contributed by atoms with Crippen molar-refractivity contribution in [2.24, 2.45) is 5.92 Å². The van der Waals surface area contributed by atoms with E-state index in [1.807, 2.05) is 12.3 Å². The van der Waals surface area contributed by atoms with Crippen LogP contribution in [0, 0.1) is 5.92 Å². The van der Waals surface area contributed by atoms with Crippen molar-refractivity contribution in [2.75, 3.05) is 46.8 Å². The van der Waals surface area contributed by atoms with Gasteiger partial charge in [0.2, 0.25) is 0 Å². The van der Waals surface area contributed by atoms with Gasteiger partial charge in [0.25, 0.3) is 10.2 Å². The molecule has 0 spiro atoms. The third kappa shape index (κ3) is 4.26. The molecule has 2 saturated heterocycles. The molecule has 1 N–H and O–H groups in total. The maximum Gasteiger partial charge on any atom is 0.281 e. The summed E-state index contributed by atoms with van der Waals surface area (Å²) in [7, 11) is -0.303. The van der Waals surface area contributed by atoms with Gasteiger partial charge in [-0.1, -0.05) is 6.07 Å². The molecule has 2 fully saturated rings. The van der Waals surface area contributed by atoms with Crippen molar-refractivity contribution in [3.8, 4) is 0 Å². The van der Waals surface area contributed by atoms with Gasteiger partial charge < -0.3 is 10.0 Å². The maximum atomic E-state index is 12.4. The summed E-state index contributed by atoms with van der Waals surface area (Å²) in [6.45, 7) is 3.38. The highest BCUT2D eigenvalue weighted by Gasteiger charge is 2.47. The van der Waals surface area contributed by atoms with Gasteiger partial charge in [-0.15, -0.1) is 0 Å². The highest BCUT2D eigenvalue weighted by Crippen LogP contribution is 2.36. The standard InChI is InChI=1S/C18H30N4O3S/c1-20(2)26(24,25)22-12-8-18(23)7-11-21(14-17(18)15-22)10-4-6-16-5-3-9-19-13-16/h3,5,9,13,17,23H,4,6-8,10-12,14-15H2,1-2H3/t17-,18-/m1/s1. The lowest BCUT2D eigenvalue weighted by molar-refractivity contribution is -0.102. The van der Waals surface area contributed by atoms with Gasteiger partial charge in [0.05, 0.1) is 5.60 Å². The molecular weight excluding hydrogens is 352 g/mol. The molecule has 3 rings (SSSR count). The van der Waals surface area contributed by atoms with E-state index in [1.165, 1.54) is 14.2 Å². The number of aromatic nitrogens is 1. The smallest absolute Gasteiger partial charge is 0.281 e. The van der Waals surface area contributed by atoms with Crippen LogP contribution in [0.1, 0.15) is 24.8 Å². The molecule has 0 bridgehead atoms. The molecule has 8 heteroatoms. The van der Waals surface area contributed by atoms with E-state index in [-0.39, 0.29) is 5.92 Å². The summed E-state index contributed by atoms with van der Waals surface area (Å²) in [6.07, 6.45) is 6.96. The summed E-state index contributed by atoms with van der Waals surface area (Å²) in [5, 5.41) is 11.0. The average Bonchev–Trinajstić information content (AvgIpc) is 2.62. The fourth-order valence-electron chi connectivity index (χ4n) is 4.04. The second kappa shape index (κ2) is 7.90. The van der Waals surface area contributed by atoms with Crippen molar-refractivity contribution in [1.82, 2.24) is 18.5 Å². The summed E-state index contributed by atoms with van der Waals surface area (Å²) in [5.41, 5.74) is 0.514. The van der Waals surface area contributed by atoms with Gasteiger partial charge in [-0.3, -0.25) is 4.98 Å². The van der Waals surface area contributed by atoms with Crippen molar-refractivity contribution in [3.63, 3.8) is 0 Å². The molecule has 2 atom stereocenters. The number of nitrogens with zero attached hydrogens (tertiary/aromatic N) is 4. The quantitative estimate of drug-likeness (QED) is 0.779. The number of hydrogen-bond donors (Lipinski definition) is 1. The van der Waals surface area contributed by atoms with Crippen LogP contribution in [0.5, 0.6) is 0 Å². The Balaban J connectivity index is 1.56. The lowest BCUT2D eigenvalue weighted by Gasteiger charge is -2.50. The van der Waals surface area contributed by atoms with Gasteiger partial charge in [-0.05, 0) is 43.9 Å². The Kier molecular flexibility index (Phi) is 5.98. The van der Waals surface area contributed by atoms with E-state index in [0.717, 1.165) is 38.9 Å². The van der Waals surface area contributed by atoms with Crippen LogP contribution in [-0.4, -0.2) is 84.4 Å². The van der Waals surface area contributed by atoms with E-state index < -0.39 is 15.8 Å². The summed E-state index contributed by atoms with van der Waals surface area (Å²) >= 11 is 0. The highest BCUT2D eigenvalue weighted by molar-refractivity contribution is 7.86. The van der Waals surface area contributed by atoms with Crippen LogP contribution in [0.3, 0.4) is 0 Å². The number of likely N-dealkylation sites (tertiary alicyclic amines) is 1. The van der Waals surface area contributed by atoms with Crippen molar-refractivity contribution in [2.45, 2.75) is 31.3 Å². The Labute approximate surface area is 156 Å². The zero-order valence-corrected chi connectivity index (χ0v) is 16.5. The predicted octanol–water partition coefficient (Wildman–Crippen LogP) is 0.579. The second-order valence-electron chi connectivity index (χ2n) is 7.71. The first-order valence-electron chi connectivity index (χ1n) is 9.32. The Morgan fingerprint density at radius 3 is 2.77 bits per heavy atom. The van der Waals surface area contributed by atoms with Gasteiger partial charge in [-0.2, -0.15) is 17.0 Å². The number of hydrogen-bond acceptors (Lipinski definition) is 5. The van der Waals surface area contributed by atoms with E-state index in [4.69, 9.17) is 0 Å². The fourth-order valence-corrected chi connectivity index (χ4v) is 5.19. The largest absolute Gasteiger partial charge is 0.389 e. The van der Waals surface area contributed by atoms with Crippen LogP contribution >= 0.6 is 0 Å². The van der Waals surface area contributed by atoms with Crippen molar-refractivity contribution >= 4 is 10.2 Å². The first-order valence-corrected chi connectivity index (χ1v) is 10.7. The molecule has 3 heterocycles. The second-order valence-corrected chi connectivity index (χ2v) is 9.86. The molecule has 26 heavy (non-hydrogen) atoms. The van der Waals surface area contributed by atoms with E-state index in [1.54, 1.807) is 20.3 Å². The molecule has 7 nitrogen and oxygen atoms in total. The molecule has 0 radical (unpaired) electrons. The summed E-state index contributed by atoms with van der Waals surface area (Å²) in [6, 6.07) is 4.05. The minimum absolute atomic E-state index is 0.0295. The highest BCUT2D eigenvalue weighted by atomic mass is 32.2. The maximum absolute atomic E-state index is 12.4. The Hall–Kier alpha value is -1.06. The molecule has 146 valence electrons. The molecule has 2 aliphatic heterocycles. The number of pyridine rings is 1. The number of aryl methyl sites for hydroxylation is 1. The fraction of sp³-hybridized carbons (Fsp3) is 0.722. The molecule has 2 aliphatic rings. The van der Waals surface area contributed by atoms with Gasteiger partial charge in [0, 0.05) is 58.6 Å². The Bertz CT molecular complexity index is 698. The topological polar surface area (TPSA) is 77.0 Å². The van der Waals surface area contributed by atoms with Crippen molar-refractivity contribution in [3.05, 3.63) is 30.1 Å². The molecule has 0 aromatic carbocycles. The molecule has 0 aliphatic carbocycles. The van der Waals surface area contributed by atoms with E-state index in [9.17, 15) is 13.5 Å². The molecule has 0 saturated carbocycles. The normalized spacial score (nSPS) is 28.2. The van der Waals surface area contributed by atoms with E-state index in [2.05, 4.69) is 16.0 Å². The zero-order valence-electron chi connectivity index (χ0n) is 15.7. The molecular formula is C18H30N4O3S. The third-order valence-corrected chi connectivity index (χ3v) is 7.68. The molecule has 1 aromatic heterocycles. The number of fused-ring (bicyclic) bond motifs is 1. The van der Waals surface area contributed by atoms with Crippen molar-refractivity contribution < 1.29 is 13.5 Å². The number of piperidine rings is 2. The van der Waals surface area contributed by atoms with Crippen LogP contribution in [-0.2, 0) is 16.6 Å². The predicted molar refractivity (Wildman–Crippen MR) is 101 cm³/mol. The van der Waals surface area contributed by atoms with E-state index in [0.29, 0.717) is 19.5 Å². The summed E-state index contributed by atoms with van der Waals surface area (Å²) in [4.78, 5) is 6.51. The lowest BCUT2D eigenvalue weighted by Crippen LogP contribution is -2.61. The first kappa shape index (κ1) is 19.7. The van der Waals surface area contributed by atoms with Gasteiger partial charge in [0.15, 0.2) is 0 Å². The van der Waals surface area contributed by atoms with Crippen LogP contribution in [0.25, 0.3) is 0 Å². The summed E-state index contributed by atoms with van der Waals surface area (Å²) in [5.74, 6) is -0.0295. The van der Waals surface area contributed by atoms with Crippen LogP contribution < -0.4 is 0 Å². The Morgan fingerprint density at radius 2 is 2.08 bits per heavy atom. The molecule has 0 amide bonds. The van der Waals surface area contributed by atoms with E-state index >= 15 is 0 Å². The SMILES string of the molecule is CN(C)S(=O)(=O)N1CC[C@]2(O)CCN(CCCc3cccnc3)C[C@@H]2C1. The minimum Gasteiger partial charge on any atom is -0.389 e. The third-order valence-electron chi connectivity index (χ3n) is 5.77. The van der Waals surface area contributed by atoms with Crippen molar-refractivity contribution in [1.29, 1.82) is 0 Å². The van der Waals surface area contributed by atoms with Crippen LogP contribution in [0.15, 0.2) is 24.5 Å². The van der Waals surface area contributed by atoms with Crippen LogP contribution in [0.2, 0.25) is 0 Å². The zero-order chi connectivity index (χ0) is 18.8. The minimum atomic E-state index is -3.42. The van der Waals surface area contributed by atoms with Gasteiger partial charge >= 0.3 is 0 Å². The lowest BCUT2D eigenvalue weighted by atomic mass is 9.76. The summed E-state index contributed by atoms with van der Waals surface area (Å²) < 4.78 is 27.6. The first-order chi connectivity index (χ1) is 12.3. The number of rotatable bonds is 6. The average molecular weight is 383 g/mol. The van der Waals surface area contributed by atoms with Gasteiger partial charge in [0.1, 0.15) is 0 Å². The monoisotopic (exact) mass is 382 g/mol. The van der Waals surface area contributed by atoms with Crippen LogP contribution in [0.4, 0.5) is 0 Å².